The Bertz CT molecular complexity index is 655. The van der Waals surface area contributed by atoms with Gasteiger partial charge in [0.2, 0.25) is 0 Å². The third kappa shape index (κ3) is 3.97. The summed E-state index contributed by atoms with van der Waals surface area (Å²) in [6.07, 6.45) is 0. The van der Waals surface area contributed by atoms with E-state index in [1.807, 2.05) is 0 Å². The molecule has 118 valence electrons. The maximum atomic E-state index is 12.2. The molecule has 1 amide bonds. The Morgan fingerprint density at radius 3 is 2.64 bits per heavy atom. The van der Waals surface area contributed by atoms with Crippen molar-refractivity contribution in [2.45, 2.75) is 20.1 Å². The van der Waals surface area contributed by atoms with Gasteiger partial charge in [0.1, 0.15) is 5.76 Å². The first-order chi connectivity index (χ1) is 10.5. The van der Waals surface area contributed by atoms with Gasteiger partial charge in [0, 0.05) is 6.54 Å². The molecule has 0 bridgehead atoms. The maximum Gasteiger partial charge on any atom is 0.387 e. The molecule has 1 aromatic heterocycles. The highest BCUT2D eigenvalue weighted by Gasteiger charge is 2.13. The van der Waals surface area contributed by atoms with Crippen LogP contribution in [0.3, 0.4) is 0 Å². The molecule has 0 unspecified atom stereocenters. The number of aryl methyl sites for hydroxylation is 1. The lowest BCUT2D eigenvalue weighted by Gasteiger charge is -2.11. The summed E-state index contributed by atoms with van der Waals surface area (Å²) >= 11 is 0. The Morgan fingerprint density at radius 2 is 2.05 bits per heavy atom. The SMILES string of the molecule is COc1cc(CNC(=O)c2ccc(C)o2)ccc1OC(F)F. The number of nitrogens with one attached hydrogen (secondary N) is 1. The third-order valence-electron chi connectivity index (χ3n) is 2.86. The van der Waals surface area contributed by atoms with Crippen molar-refractivity contribution in [1.29, 1.82) is 0 Å². The number of halogens is 2. The van der Waals surface area contributed by atoms with Crippen molar-refractivity contribution < 1.29 is 27.5 Å². The number of carbonyl (C=O) groups excluding carboxylic acids is 1. The average Bonchev–Trinajstić information content (AvgIpc) is 2.92. The summed E-state index contributed by atoms with van der Waals surface area (Å²) in [6, 6.07) is 7.71. The first-order valence-corrected chi connectivity index (χ1v) is 6.46. The molecule has 0 atom stereocenters. The fourth-order valence-corrected chi connectivity index (χ4v) is 1.84. The van der Waals surface area contributed by atoms with Crippen LogP contribution in [0.2, 0.25) is 0 Å². The fraction of sp³-hybridized carbons (Fsp3) is 0.267. The number of methoxy groups -OCH3 is 1. The van der Waals surface area contributed by atoms with Crippen LogP contribution in [0.25, 0.3) is 0 Å². The summed E-state index contributed by atoms with van der Waals surface area (Å²) < 4.78 is 39.0. The lowest BCUT2D eigenvalue weighted by Crippen LogP contribution is -2.22. The lowest BCUT2D eigenvalue weighted by atomic mass is 10.2. The largest absolute Gasteiger partial charge is 0.493 e. The van der Waals surface area contributed by atoms with E-state index in [9.17, 15) is 13.6 Å². The molecule has 7 heteroatoms. The first kappa shape index (κ1) is 15.8. The predicted octanol–water partition coefficient (Wildman–Crippen LogP) is 3.13. The highest BCUT2D eigenvalue weighted by Crippen LogP contribution is 2.29. The molecule has 0 saturated carbocycles. The molecule has 0 aliphatic heterocycles. The van der Waals surface area contributed by atoms with Gasteiger partial charge in [-0.1, -0.05) is 6.07 Å². The number of carbonyl (C=O) groups is 1. The van der Waals surface area contributed by atoms with Gasteiger partial charge in [-0.3, -0.25) is 4.79 Å². The Labute approximate surface area is 125 Å². The van der Waals surface area contributed by atoms with Crippen molar-refractivity contribution in [3.63, 3.8) is 0 Å². The van der Waals surface area contributed by atoms with Gasteiger partial charge in [-0.05, 0) is 36.8 Å². The van der Waals surface area contributed by atoms with Gasteiger partial charge in [0.05, 0.1) is 7.11 Å². The van der Waals surface area contributed by atoms with E-state index in [1.165, 1.54) is 19.2 Å². The number of rotatable bonds is 6. The van der Waals surface area contributed by atoms with Gasteiger partial charge < -0.3 is 19.2 Å². The average molecular weight is 311 g/mol. The topological polar surface area (TPSA) is 60.7 Å². The molecule has 0 aliphatic carbocycles. The Morgan fingerprint density at radius 1 is 1.27 bits per heavy atom. The lowest BCUT2D eigenvalue weighted by molar-refractivity contribution is -0.0512. The standard InChI is InChI=1S/C15H15F2NO4/c1-9-3-5-12(21-9)14(19)18-8-10-4-6-11(22-15(16)17)13(7-10)20-2/h3-7,15H,8H2,1-2H3,(H,18,19). The Hall–Kier alpha value is -2.57. The van der Waals surface area contributed by atoms with Crippen LogP contribution in [0.5, 0.6) is 11.5 Å². The smallest absolute Gasteiger partial charge is 0.387 e. The molecule has 0 radical (unpaired) electrons. The van der Waals surface area contributed by atoms with E-state index >= 15 is 0 Å². The first-order valence-electron chi connectivity index (χ1n) is 6.46. The minimum Gasteiger partial charge on any atom is -0.493 e. The fourth-order valence-electron chi connectivity index (χ4n) is 1.84. The van der Waals surface area contributed by atoms with Crippen molar-refractivity contribution in [2.75, 3.05) is 7.11 Å². The van der Waals surface area contributed by atoms with Crippen LogP contribution >= 0.6 is 0 Å². The maximum absolute atomic E-state index is 12.2. The monoisotopic (exact) mass is 311 g/mol. The van der Waals surface area contributed by atoms with Gasteiger partial charge in [-0.2, -0.15) is 8.78 Å². The molecule has 0 aliphatic rings. The van der Waals surface area contributed by atoms with E-state index in [0.29, 0.717) is 11.3 Å². The summed E-state index contributed by atoms with van der Waals surface area (Å²) in [6.45, 7) is -0.991. The van der Waals surface area contributed by atoms with Gasteiger partial charge in [-0.25, -0.2) is 0 Å². The molecule has 22 heavy (non-hydrogen) atoms. The van der Waals surface area contributed by atoms with Crippen molar-refractivity contribution in [2.24, 2.45) is 0 Å². The minimum atomic E-state index is -2.93. The molecule has 0 fully saturated rings. The van der Waals surface area contributed by atoms with Crippen molar-refractivity contribution in [1.82, 2.24) is 5.32 Å². The molecular weight excluding hydrogens is 296 g/mol. The number of benzene rings is 1. The van der Waals surface area contributed by atoms with Crippen LogP contribution in [-0.2, 0) is 6.54 Å². The van der Waals surface area contributed by atoms with Crippen LogP contribution in [0.4, 0.5) is 8.78 Å². The second-order valence-electron chi connectivity index (χ2n) is 4.46. The van der Waals surface area contributed by atoms with Crippen LogP contribution in [0.1, 0.15) is 21.9 Å². The quantitative estimate of drug-likeness (QED) is 0.890. The number of alkyl halides is 2. The summed E-state index contributed by atoms with van der Waals surface area (Å²) in [7, 11) is 1.35. The molecule has 5 nitrogen and oxygen atoms in total. The number of hydrogen-bond donors (Lipinski definition) is 1. The zero-order valence-electron chi connectivity index (χ0n) is 12.1. The van der Waals surface area contributed by atoms with Gasteiger partial charge in [0.15, 0.2) is 17.3 Å². The van der Waals surface area contributed by atoms with Crippen LogP contribution in [0, 0.1) is 6.92 Å². The van der Waals surface area contributed by atoms with E-state index in [-0.39, 0.29) is 29.7 Å². The number of amides is 1. The van der Waals surface area contributed by atoms with E-state index in [2.05, 4.69) is 10.1 Å². The van der Waals surface area contributed by atoms with Crippen LogP contribution < -0.4 is 14.8 Å². The van der Waals surface area contributed by atoms with Gasteiger partial charge in [0.25, 0.3) is 5.91 Å². The number of furan rings is 1. The van der Waals surface area contributed by atoms with Crippen LogP contribution in [-0.4, -0.2) is 19.6 Å². The third-order valence-corrected chi connectivity index (χ3v) is 2.86. The molecule has 1 aromatic carbocycles. The summed E-state index contributed by atoms with van der Waals surface area (Å²) in [5, 5.41) is 2.66. The van der Waals surface area contributed by atoms with E-state index in [1.54, 1.807) is 25.1 Å². The molecule has 0 spiro atoms. The number of hydrogen-bond acceptors (Lipinski definition) is 4. The Balaban J connectivity index is 2.02. The van der Waals surface area contributed by atoms with Gasteiger partial charge >= 0.3 is 6.61 Å². The predicted molar refractivity (Wildman–Crippen MR) is 74.2 cm³/mol. The zero-order valence-corrected chi connectivity index (χ0v) is 12.1. The van der Waals surface area contributed by atoms with E-state index < -0.39 is 6.61 Å². The highest BCUT2D eigenvalue weighted by molar-refractivity contribution is 5.91. The molecular formula is C15H15F2NO4. The summed E-state index contributed by atoms with van der Waals surface area (Å²) in [5.74, 6) is 0.595. The van der Waals surface area contributed by atoms with Crippen molar-refractivity contribution >= 4 is 5.91 Å². The molecule has 0 saturated heterocycles. The summed E-state index contributed by atoms with van der Waals surface area (Å²) in [5.41, 5.74) is 0.676. The molecule has 2 rings (SSSR count). The van der Waals surface area contributed by atoms with Crippen molar-refractivity contribution in [3.05, 3.63) is 47.4 Å². The van der Waals surface area contributed by atoms with Gasteiger partial charge in [-0.15, -0.1) is 0 Å². The summed E-state index contributed by atoms with van der Waals surface area (Å²) in [4.78, 5) is 11.8. The van der Waals surface area contributed by atoms with E-state index in [0.717, 1.165) is 0 Å². The zero-order chi connectivity index (χ0) is 16.1. The normalized spacial score (nSPS) is 10.6. The van der Waals surface area contributed by atoms with Crippen LogP contribution in [0.15, 0.2) is 34.7 Å². The highest BCUT2D eigenvalue weighted by atomic mass is 19.3. The minimum absolute atomic E-state index is 0.0609. The second-order valence-corrected chi connectivity index (χ2v) is 4.46. The molecule has 1 heterocycles. The molecule has 2 aromatic rings. The Kier molecular flexibility index (Phi) is 4.98. The molecule has 1 N–H and O–H groups in total. The number of ether oxygens (including phenoxy) is 2. The van der Waals surface area contributed by atoms with E-state index in [4.69, 9.17) is 9.15 Å². The second kappa shape index (κ2) is 6.93. The van der Waals surface area contributed by atoms with Crippen molar-refractivity contribution in [3.8, 4) is 11.5 Å².